The molecule has 1 unspecified atom stereocenters. The second-order valence-corrected chi connectivity index (χ2v) is 15.1. The van der Waals surface area contributed by atoms with Crippen molar-refractivity contribution in [1.82, 2.24) is 19.8 Å². The van der Waals surface area contributed by atoms with Gasteiger partial charge < -0.3 is 15.1 Å². The van der Waals surface area contributed by atoms with Gasteiger partial charge in [-0.15, -0.1) is 11.3 Å². The average molecular weight is 702 g/mol. The number of nitrogens with one attached hydrogen (secondary N) is 2. The first-order valence-electron chi connectivity index (χ1n) is 14.8. The number of hydrogen-bond donors (Lipinski definition) is 2. The number of hydrogen-bond acceptors (Lipinski definition) is 6. The molecule has 0 radical (unpaired) electrons. The van der Waals surface area contributed by atoms with E-state index in [4.69, 9.17) is 23.2 Å². The number of benzene rings is 3. The minimum absolute atomic E-state index is 0.0678. The first kappa shape index (κ1) is 33.9. The van der Waals surface area contributed by atoms with Crippen LogP contribution in [-0.4, -0.2) is 68.2 Å². The molecule has 0 saturated carbocycles. The molecule has 3 aromatic carbocycles. The maximum Gasteiger partial charge on any atom is 0.262 e. The summed E-state index contributed by atoms with van der Waals surface area (Å²) in [6.45, 7) is 4.82. The summed E-state index contributed by atoms with van der Waals surface area (Å²) < 4.78 is 30.3. The minimum Gasteiger partial charge on any atom is -0.340 e. The molecule has 13 heteroatoms. The first-order valence-corrected chi connectivity index (χ1v) is 17.9. The van der Waals surface area contributed by atoms with E-state index in [9.17, 15) is 22.8 Å². The van der Waals surface area contributed by atoms with Crippen LogP contribution in [0.3, 0.4) is 0 Å². The predicted molar refractivity (Wildman–Crippen MR) is 182 cm³/mol. The van der Waals surface area contributed by atoms with Crippen molar-refractivity contribution in [2.75, 3.05) is 26.2 Å². The smallest absolute Gasteiger partial charge is 0.262 e. The summed E-state index contributed by atoms with van der Waals surface area (Å²) in [6, 6.07) is 20.2. The van der Waals surface area contributed by atoms with E-state index in [0.717, 1.165) is 10.1 Å². The Labute approximate surface area is 282 Å². The molecule has 1 aromatic heterocycles. The van der Waals surface area contributed by atoms with Crippen molar-refractivity contribution in [1.29, 1.82) is 0 Å². The van der Waals surface area contributed by atoms with Crippen LogP contribution in [-0.2, 0) is 19.6 Å². The SMILES string of the molecule is CC(C)C[C@H](NC(=O)c1cc2ccccc2s1)C(=O)N1CCN(C(=O)C(NS(=O)(=O)c2ccc(Cl)cc2Cl)c2ccccc2)CC1. The largest absolute Gasteiger partial charge is 0.340 e. The molecule has 1 aliphatic heterocycles. The van der Waals surface area contributed by atoms with E-state index in [-0.39, 0.29) is 58.9 Å². The van der Waals surface area contributed by atoms with Crippen molar-refractivity contribution in [2.24, 2.45) is 5.92 Å². The predicted octanol–water partition coefficient (Wildman–Crippen LogP) is 5.74. The fraction of sp³-hybridized carbons (Fsp3) is 0.303. The molecule has 1 fully saturated rings. The van der Waals surface area contributed by atoms with Gasteiger partial charge in [-0.25, -0.2) is 8.42 Å². The number of piperazine rings is 1. The Hall–Kier alpha value is -3.48. The molecule has 1 aliphatic rings. The number of carbonyl (C=O) groups is 3. The lowest BCUT2D eigenvalue weighted by molar-refractivity contribution is -0.141. The van der Waals surface area contributed by atoms with Gasteiger partial charge in [0.1, 0.15) is 17.0 Å². The number of sulfonamides is 1. The standard InChI is InChI=1S/C33H34Cl2N4O5S2/c1-21(2)18-26(36-31(40)28-19-23-10-6-7-11-27(23)45-28)32(41)38-14-16-39(17-15-38)33(42)30(22-8-4-3-5-9-22)37-46(43,44)29-13-12-24(34)20-25(29)35/h3-13,19-21,26,30,37H,14-18H2,1-2H3,(H,36,40)/t26-,30?/m0/s1. The minimum atomic E-state index is -4.22. The first-order chi connectivity index (χ1) is 21.9. The van der Waals surface area contributed by atoms with Crippen LogP contribution in [0.15, 0.2) is 83.8 Å². The third-order valence-electron chi connectivity index (χ3n) is 7.70. The molecular formula is C33H34Cl2N4O5S2. The van der Waals surface area contributed by atoms with Gasteiger partial charge in [0, 0.05) is 35.9 Å². The highest BCUT2D eigenvalue weighted by atomic mass is 35.5. The van der Waals surface area contributed by atoms with E-state index < -0.39 is 28.0 Å². The van der Waals surface area contributed by atoms with Crippen molar-refractivity contribution in [2.45, 2.75) is 37.2 Å². The molecule has 2 N–H and O–H groups in total. The molecule has 9 nitrogen and oxygen atoms in total. The molecule has 242 valence electrons. The summed E-state index contributed by atoms with van der Waals surface area (Å²) in [5.41, 5.74) is 0.459. The number of halogens is 2. The van der Waals surface area contributed by atoms with E-state index in [1.165, 1.54) is 29.5 Å². The van der Waals surface area contributed by atoms with E-state index in [1.54, 1.807) is 40.1 Å². The zero-order valence-electron chi connectivity index (χ0n) is 25.3. The van der Waals surface area contributed by atoms with Gasteiger partial charge in [0.2, 0.25) is 21.8 Å². The van der Waals surface area contributed by atoms with Crippen LogP contribution in [0.1, 0.15) is 41.5 Å². The second kappa shape index (κ2) is 14.5. The third kappa shape index (κ3) is 7.90. The van der Waals surface area contributed by atoms with Crippen LogP contribution in [0.2, 0.25) is 10.0 Å². The maximum absolute atomic E-state index is 13.9. The van der Waals surface area contributed by atoms with Crippen LogP contribution < -0.4 is 10.0 Å². The van der Waals surface area contributed by atoms with Crippen molar-refractivity contribution in [3.8, 4) is 0 Å². The van der Waals surface area contributed by atoms with Crippen LogP contribution in [0.4, 0.5) is 0 Å². The Morgan fingerprint density at radius 3 is 2.11 bits per heavy atom. The van der Waals surface area contributed by atoms with Gasteiger partial charge in [-0.3, -0.25) is 14.4 Å². The second-order valence-electron chi connectivity index (χ2n) is 11.5. The molecule has 1 saturated heterocycles. The molecule has 5 rings (SSSR count). The summed E-state index contributed by atoms with van der Waals surface area (Å²) in [7, 11) is -4.22. The number of carbonyl (C=O) groups excluding carboxylic acids is 3. The molecule has 4 aromatic rings. The quantitative estimate of drug-likeness (QED) is 0.219. The van der Waals surface area contributed by atoms with Gasteiger partial charge >= 0.3 is 0 Å². The molecule has 3 amide bonds. The summed E-state index contributed by atoms with van der Waals surface area (Å²) in [5.74, 6) is -0.821. The van der Waals surface area contributed by atoms with Crippen LogP contribution >= 0.6 is 34.5 Å². The molecule has 0 spiro atoms. The zero-order valence-corrected chi connectivity index (χ0v) is 28.4. The van der Waals surface area contributed by atoms with Gasteiger partial charge in [-0.05, 0) is 53.6 Å². The summed E-state index contributed by atoms with van der Waals surface area (Å²) in [5, 5.41) is 4.13. The number of nitrogens with zero attached hydrogens (tertiary/aromatic N) is 2. The van der Waals surface area contributed by atoms with Gasteiger partial charge in [-0.2, -0.15) is 4.72 Å². The van der Waals surface area contributed by atoms with Gasteiger partial charge in [0.15, 0.2) is 0 Å². The van der Waals surface area contributed by atoms with Crippen LogP contribution in [0.25, 0.3) is 10.1 Å². The fourth-order valence-corrected chi connectivity index (χ4v) is 8.30. The molecule has 0 aliphatic carbocycles. The Morgan fingerprint density at radius 2 is 1.48 bits per heavy atom. The lowest BCUT2D eigenvalue weighted by Crippen LogP contribution is -2.57. The number of fused-ring (bicyclic) bond motifs is 1. The van der Waals surface area contributed by atoms with E-state index in [0.29, 0.717) is 16.9 Å². The van der Waals surface area contributed by atoms with Crippen LogP contribution in [0.5, 0.6) is 0 Å². The van der Waals surface area contributed by atoms with Crippen molar-refractivity contribution < 1.29 is 22.8 Å². The van der Waals surface area contributed by atoms with E-state index in [2.05, 4.69) is 10.0 Å². The van der Waals surface area contributed by atoms with Gasteiger partial charge in [0.05, 0.1) is 9.90 Å². The molecular weight excluding hydrogens is 667 g/mol. The fourth-order valence-electron chi connectivity index (χ4n) is 5.38. The highest BCUT2D eigenvalue weighted by Gasteiger charge is 2.35. The van der Waals surface area contributed by atoms with Gasteiger partial charge in [-0.1, -0.05) is 85.6 Å². The number of rotatable bonds is 10. The van der Waals surface area contributed by atoms with Crippen molar-refractivity contribution >= 4 is 72.4 Å². The van der Waals surface area contributed by atoms with Gasteiger partial charge in [0.25, 0.3) is 5.91 Å². The zero-order chi connectivity index (χ0) is 33.0. The van der Waals surface area contributed by atoms with E-state index in [1.807, 2.05) is 44.2 Å². The Kier molecular flexibility index (Phi) is 10.7. The van der Waals surface area contributed by atoms with E-state index >= 15 is 0 Å². The molecule has 0 bridgehead atoms. The Balaban J connectivity index is 1.28. The summed E-state index contributed by atoms with van der Waals surface area (Å²) >= 11 is 13.5. The maximum atomic E-state index is 13.9. The van der Waals surface area contributed by atoms with Crippen molar-refractivity contribution in [3.63, 3.8) is 0 Å². The average Bonchev–Trinajstić information content (AvgIpc) is 3.48. The molecule has 46 heavy (non-hydrogen) atoms. The third-order valence-corrected chi connectivity index (χ3v) is 11.0. The number of amides is 3. The lowest BCUT2D eigenvalue weighted by atomic mass is 10.0. The number of thiophene rings is 1. The normalized spacial score (nSPS) is 15.2. The highest BCUT2D eigenvalue weighted by molar-refractivity contribution is 7.89. The summed E-state index contributed by atoms with van der Waals surface area (Å²) in [6.07, 6.45) is 0.458. The highest BCUT2D eigenvalue weighted by Crippen LogP contribution is 2.28. The Morgan fingerprint density at radius 1 is 0.848 bits per heavy atom. The molecule has 2 atom stereocenters. The summed E-state index contributed by atoms with van der Waals surface area (Å²) in [4.78, 5) is 44.3. The topological polar surface area (TPSA) is 116 Å². The monoisotopic (exact) mass is 700 g/mol. The molecule has 2 heterocycles. The van der Waals surface area contributed by atoms with Crippen molar-refractivity contribution in [3.05, 3.63) is 99.3 Å². The van der Waals surface area contributed by atoms with Crippen LogP contribution in [0, 0.1) is 5.92 Å². The Bertz CT molecular complexity index is 1810. The lowest BCUT2D eigenvalue weighted by Gasteiger charge is -2.38.